The van der Waals surface area contributed by atoms with E-state index in [-0.39, 0.29) is 5.82 Å². The highest BCUT2D eigenvalue weighted by atomic mass is 32.1. The monoisotopic (exact) mass is 259 g/mol. The number of hydrogen-bond donors (Lipinski definition) is 0. The zero-order valence-electron chi connectivity index (χ0n) is 9.47. The standard InChI is InChI=1S/C14H10FNOS/c15-11-5-3-4-10(8-11)9-17-14-16-12-6-1-2-7-13(12)18-14/h1-8H,9H2. The first-order valence-corrected chi connectivity index (χ1v) is 6.36. The number of aromatic nitrogens is 1. The Bertz CT molecular complexity index is 647. The van der Waals surface area contributed by atoms with Crippen molar-refractivity contribution in [2.75, 3.05) is 0 Å². The molecule has 0 saturated carbocycles. The normalized spacial score (nSPS) is 10.7. The van der Waals surface area contributed by atoms with Crippen LogP contribution in [-0.4, -0.2) is 4.98 Å². The first kappa shape index (κ1) is 11.2. The van der Waals surface area contributed by atoms with Crippen LogP contribution in [0.2, 0.25) is 0 Å². The van der Waals surface area contributed by atoms with E-state index in [1.165, 1.54) is 23.5 Å². The molecule has 0 atom stereocenters. The number of fused-ring (bicyclic) bond motifs is 1. The second kappa shape index (κ2) is 4.74. The topological polar surface area (TPSA) is 22.1 Å². The summed E-state index contributed by atoms with van der Waals surface area (Å²) in [4.78, 5) is 4.35. The fourth-order valence-corrected chi connectivity index (χ4v) is 2.50. The zero-order valence-corrected chi connectivity index (χ0v) is 10.3. The predicted octanol–water partition coefficient (Wildman–Crippen LogP) is 4.01. The van der Waals surface area contributed by atoms with Crippen LogP contribution in [0.15, 0.2) is 48.5 Å². The molecule has 0 bridgehead atoms. The van der Waals surface area contributed by atoms with E-state index in [0.29, 0.717) is 11.8 Å². The van der Waals surface area contributed by atoms with Gasteiger partial charge in [0.05, 0.1) is 10.2 Å². The SMILES string of the molecule is Fc1cccc(COc2nc3ccccc3s2)c1. The summed E-state index contributed by atoms with van der Waals surface area (Å²) in [5.74, 6) is -0.250. The van der Waals surface area contributed by atoms with Gasteiger partial charge in [-0.05, 0) is 29.8 Å². The molecule has 0 amide bonds. The third kappa shape index (κ3) is 2.33. The molecular formula is C14H10FNOS. The quantitative estimate of drug-likeness (QED) is 0.709. The number of thiazole rings is 1. The minimum absolute atomic E-state index is 0.250. The summed E-state index contributed by atoms with van der Waals surface area (Å²) in [6.07, 6.45) is 0. The molecule has 3 aromatic rings. The Kier molecular flexibility index (Phi) is 2.94. The smallest absolute Gasteiger partial charge is 0.274 e. The lowest BCUT2D eigenvalue weighted by atomic mass is 10.2. The molecule has 1 heterocycles. The summed E-state index contributed by atoms with van der Waals surface area (Å²) < 4.78 is 19.7. The Morgan fingerprint density at radius 2 is 2.00 bits per heavy atom. The second-order valence-electron chi connectivity index (χ2n) is 3.87. The Morgan fingerprint density at radius 3 is 2.83 bits per heavy atom. The molecule has 18 heavy (non-hydrogen) atoms. The minimum Gasteiger partial charge on any atom is -0.465 e. The highest BCUT2D eigenvalue weighted by Gasteiger charge is 2.04. The average molecular weight is 259 g/mol. The van der Waals surface area contributed by atoms with Gasteiger partial charge < -0.3 is 4.74 Å². The third-order valence-electron chi connectivity index (χ3n) is 2.53. The summed E-state index contributed by atoms with van der Waals surface area (Å²) in [7, 11) is 0. The lowest BCUT2D eigenvalue weighted by molar-refractivity contribution is 0.304. The number of rotatable bonds is 3. The fourth-order valence-electron chi connectivity index (χ4n) is 1.68. The van der Waals surface area contributed by atoms with Crippen LogP contribution in [0.4, 0.5) is 4.39 Å². The van der Waals surface area contributed by atoms with Crippen molar-refractivity contribution in [1.82, 2.24) is 4.98 Å². The van der Waals surface area contributed by atoms with E-state index < -0.39 is 0 Å². The molecule has 2 nitrogen and oxygen atoms in total. The van der Waals surface area contributed by atoms with Gasteiger partial charge in [0.1, 0.15) is 12.4 Å². The molecule has 0 N–H and O–H groups in total. The fraction of sp³-hybridized carbons (Fsp3) is 0.0714. The van der Waals surface area contributed by atoms with Gasteiger partial charge in [0.15, 0.2) is 0 Å². The zero-order chi connectivity index (χ0) is 12.4. The van der Waals surface area contributed by atoms with E-state index in [1.807, 2.05) is 30.3 Å². The van der Waals surface area contributed by atoms with Crippen LogP contribution in [0.5, 0.6) is 5.19 Å². The average Bonchev–Trinajstić information content (AvgIpc) is 2.79. The summed E-state index contributed by atoms with van der Waals surface area (Å²) >= 11 is 1.49. The Balaban J connectivity index is 1.76. The molecule has 0 unspecified atom stereocenters. The molecule has 0 spiro atoms. The van der Waals surface area contributed by atoms with Gasteiger partial charge in [-0.15, -0.1) is 0 Å². The van der Waals surface area contributed by atoms with Gasteiger partial charge in [-0.3, -0.25) is 0 Å². The van der Waals surface area contributed by atoms with Crippen molar-refractivity contribution in [3.63, 3.8) is 0 Å². The van der Waals surface area contributed by atoms with Crippen molar-refractivity contribution in [3.8, 4) is 5.19 Å². The van der Waals surface area contributed by atoms with Crippen molar-refractivity contribution in [1.29, 1.82) is 0 Å². The molecule has 0 radical (unpaired) electrons. The van der Waals surface area contributed by atoms with Crippen molar-refractivity contribution in [2.24, 2.45) is 0 Å². The summed E-state index contributed by atoms with van der Waals surface area (Å²) in [6, 6.07) is 14.2. The number of benzene rings is 2. The van der Waals surface area contributed by atoms with Crippen LogP contribution < -0.4 is 4.74 Å². The van der Waals surface area contributed by atoms with Gasteiger partial charge in [-0.25, -0.2) is 9.37 Å². The molecule has 3 rings (SSSR count). The number of ether oxygens (including phenoxy) is 1. The molecule has 0 aliphatic heterocycles. The maximum atomic E-state index is 13.0. The van der Waals surface area contributed by atoms with E-state index in [4.69, 9.17) is 4.74 Å². The van der Waals surface area contributed by atoms with Crippen molar-refractivity contribution >= 4 is 21.6 Å². The largest absolute Gasteiger partial charge is 0.465 e. The number of nitrogens with zero attached hydrogens (tertiary/aromatic N) is 1. The molecular weight excluding hydrogens is 249 g/mol. The van der Waals surface area contributed by atoms with Gasteiger partial charge in [0, 0.05) is 0 Å². The maximum absolute atomic E-state index is 13.0. The van der Waals surface area contributed by atoms with E-state index in [1.54, 1.807) is 6.07 Å². The summed E-state index contributed by atoms with van der Waals surface area (Å²) in [5, 5.41) is 0.612. The highest BCUT2D eigenvalue weighted by molar-refractivity contribution is 7.20. The first-order valence-electron chi connectivity index (χ1n) is 5.54. The van der Waals surface area contributed by atoms with E-state index in [0.717, 1.165) is 15.8 Å². The molecule has 0 fully saturated rings. The number of halogens is 1. The van der Waals surface area contributed by atoms with Crippen LogP contribution in [0.3, 0.4) is 0 Å². The van der Waals surface area contributed by atoms with Crippen LogP contribution in [0, 0.1) is 5.82 Å². The van der Waals surface area contributed by atoms with Crippen LogP contribution >= 0.6 is 11.3 Å². The van der Waals surface area contributed by atoms with Crippen LogP contribution in [0.25, 0.3) is 10.2 Å². The lowest BCUT2D eigenvalue weighted by Crippen LogP contribution is -1.95. The van der Waals surface area contributed by atoms with Crippen molar-refractivity contribution < 1.29 is 9.13 Å². The molecule has 0 saturated heterocycles. The van der Waals surface area contributed by atoms with Gasteiger partial charge in [-0.1, -0.05) is 35.6 Å². The first-order chi connectivity index (χ1) is 8.81. The van der Waals surface area contributed by atoms with Crippen molar-refractivity contribution in [3.05, 3.63) is 59.9 Å². The molecule has 0 aliphatic rings. The molecule has 2 aromatic carbocycles. The third-order valence-corrected chi connectivity index (χ3v) is 3.47. The lowest BCUT2D eigenvalue weighted by Gasteiger charge is -2.01. The second-order valence-corrected chi connectivity index (χ2v) is 4.86. The van der Waals surface area contributed by atoms with Crippen LogP contribution in [0.1, 0.15) is 5.56 Å². The maximum Gasteiger partial charge on any atom is 0.274 e. The molecule has 0 aliphatic carbocycles. The summed E-state index contributed by atoms with van der Waals surface area (Å²) in [5.41, 5.74) is 1.73. The van der Waals surface area contributed by atoms with Gasteiger partial charge in [0.2, 0.25) is 0 Å². The highest BCUT2D eigenvalue weighted by Crippen LogP contribution is 2.27. The Hall–Kier alpha value is -1.94. The minimum atomic E-state index is -0.250. The van der Waals surface area contributed by atoms with E-state index in [9.17, 15) is 4.39 Å². The molecule has 1 aromatic heterocycles. The number of hydrogen-bond acceptors (Lipinski definition) is 3. The Morgan fingerprint density at radius 1 is 1.11 bits per heavy atom. The number of para-hydroxylation sites is 1. The Labute approximate surface area is 108 Å². The summed E-state index contributed by atoms with van der Waals surface area (Å²) in [6.45, 7) is 0.331. The van der Waals surface area contributed by atoms with E-state index in [2.05, 4.69) is 4.98 Å². The van der Waals surface area contributed by atoms with E-state index >= 15 is 0 Å². The van der Waals surface area contributed by atoms with Gasteiger partial charge in [-0.2, -0.15) is 0 Å². The molecule has 4 heteroatoms. The van der Waals surface area contributed by atoms with Gasteiger partial charge in [0.25, 0.3) is 5.19 Å². The van der Waals surface area contributed by atoms with Crippen LogP contribution in [-0.2, 0) is 6.61 Å². The van der Waals surface area contributed by atoms with Crippen molar-refractivity contribution in [2.45, 2.75) is 6.61 Å². The predicted molar refractivity (Wildman–Crippen MR) is 70.4 cm³/mol. The van der Waals surface area contributed by atoms with Gasteiger partial charge >= 0.3 is 0 Å². The molecule has 90 valence electrons.